The van der Waals surface area contributed by atoms with Crippen molar-refractivity contribution in [3.63, 3.8) is 0 Å². The zero-order valence-electron chi connectivity index (χ0n) is 38.4. The molecule has 0 amide bonds. The number of hydrogen-bond acceptors (Lipinski definition) is 4. The molecule has 4 aromatic heterocycles. The number of thiophene rings is 2. The predicted molar refractivity (Wildman–Crippen MR) is 288 cm³/mol. The second kappa shape index (κ2) is 13.2. The lowest BCUT2D eigenvalue weighted by molar-refractivity contribution is 0.332. The van der Waals surface area contributed by atoms with Crippen LogP contribution in [0.2, 0.25) is 0 Å². The Bertz CT molecular complexity index is 4090. The van der Waals surface area contributed by atoms with E-state index in [1.54, 1.807) is 0 Å². The van der Waals surface area contributed by atoms with Crippen molar-refractivity contribution in [2.24, 2.45) is 0 Å². The number of anilines is 2. The molecule has 0 saturated carbocycles. The lowest BCUT2D eigenvalue weighted by atomic mass is 9.59. The summed E-state index contributed by atoms with van der Waals surface area (Å²) in [5, 5.41) is 14.1. The number of rotatable bonds is 3. The molecule has 6 heteroatoms. The maximum atomic E-state index is 7.01. The van der Waals surface area contributed by atoms with Crippen molar-refractivity contribution < 1.29 is 4.42 Å². The Labute approximate surface area is 392 Å². The smallest absolute Gasteiger partial charge is 0.197 e. The molecule has 66 heavy (non-hydrogen) atoms. The first kappa shape index (κ1) is 38.9. The van der Waals surface area contributed by atoms with Gasteiger partial charge in [-0.3, -0.25) is 0 Å². The highest BCUT2D eigenvalue weighted by Gasteiger charge is 2.38. The molecule has 2 aliphatic rings. The van der Waals surface area contributed by atoms with Gasteiger partial charge in [0.25, 0.3) is 0 Å². The fraction of sp³-hybridized carbons (Fsp3) is 0.200. The number of benzene rings is 8. The van der Waals surface area contributed by atoms with Gasteiger partial charge >= 0.3 is 0 Å². The Morgan fingerprint density at radius 1 is 0.561 bits per heavy atom. The van der Waals surface area contributed by atoms with Crippen molar-refractivity contribution in [1.29, 1.82) is 0 Å². The molecular weight excluding hydrogens is 840 g/mol. The average molecular weight is 888 g/mol. The number of fused-ring (bicyclic) bond motifs is 15. The molecule has 0 unspecified atom stereocenters. The average Bonchev–Trinajstić information content (AvgIpc) is 4.05. The van der Waals surface area contributed by atoms with Crippen LogP contribution in [0.3, 0.4) is 0 Å². The first-order chi connectivity index (χ1) is 31.8. The van der Waals surface area contributed by atoms with Gasteiger partial charge in [-0.2, -0.15) is 0 Å². The predicted octanol–water partition coefficient (Wildman–Crippen LogP) is 16.4. The number of aromatic nitrogens is 1. The van der Waals surface area contributed by atoms with Crippen LogP contribution in [0.4, 0.5) is 11.4 Å². The van der Waals surface area contributed by atoms with Gasteiger partial charge in [0.2, 0.25) is 0 Å². The third-order valence-corrected chi connectivity index (χ3v) is 17.7. The molecule has 1 N–H and O–H groups in total. The van der Waals surface area contributed by atoms with Crippen molar-refractivity contribution in [2.45, 2.75) is 77.6 Å². The van der Waals surface area contributed by atoms with Crippen LogP contribution in [0, 0.1) is 0 Å². The van der Waals surface area contributed by atoms with E-state index in [4.69, 9.17) is 4.42 Å². The van der Waals surface area contributed by atoms with Crippen molar-refractivity contribution in [2.75, 3.05) is 5.32 Å². The molecule has 1 radical (unpaired) electrons. The molecule has 12 aromatic rings. The number of hydrogen-bond donors (Lipinski definition) is 1. The Morgan fingerprint density at radius 2 is 1.20 bits per heavy atom. The van der Waals surface area contributed by atoms with Gasteiger partial charge in [0.1, 0.15) is 11.2 Å². The molecular formula is C60H48BN2OS2. The largest absolute Gasteiger partial charge is 0.456 e. The fourth-order valence-electron chi connectivity index (χ4n) is 11.6. The molecule has 14 rings (SSSR count). The quantitative estimate of drug-likeness (QED) is 0.179. The summed E-state index contributed by atoms with van der Waals surface area (Å²) in [5.41, 5.74) is 16.9. The van der Waals surface area contributed by atoms with Crippen molar-refractivity contribution in [3.05, 3.63) is 150 Å². The van der Waals surface area contributed by atoms with E-state index in [0.29, 0.717) is 0 Å². The molecule has 0 saturated heterocycles. The second-order valence-electron chi connectivity index (χ2n) is 21.5. The van der Waals surface area contributed by atoms with Gasteiger partial charge in [0, 0.05) is 84.6 Å². The highest BCUT2D eigenvalue weighted by molar-refractivity contribution is 7.26. The zero-order chi connectivity index (χ0) is 44.6. The molecule has 3 nitrogen and oxygen atoms in total. The summed E-state index contributed by atoms with van der Waals surface area (Å²) >= 11 is 3.78. The lowest BCUT2D eigenvalue weighted by Gasteiger charge is -2.41. The van der Waals surface area contributed by atoms with E-state index in [2.05, 4.69) is 199 Å². The molecule has 1 aliphatic carbocycles. The maximum absolute atomic E-state index is 7.01. The minimum atomic E-state index is 0.0611. The molecule has 0 atom stereocenters. The minimum Gasteiger partial charge on any atom is -0.456 e. The zero-order valence-corrected chi connectivity index (χ0v) is 40.0. The van der Waals surface area contributed by atoms with E-state index < -0.39 is 0 Å². The first-order valence-electron chi connectivity index (χ1n) is 23.4. The van der Waals surface area contributed by atoms with E-state index in [1.807, 2.05) is 22.7 Å². The van der Waals surface area contributed by atoms with Crippen LogP contribution in [-0.4, -0.2) is 11.8 Å². The summed E-state index contributed by atoms with van der Waals surface area (Å²) in [4.78, 5) is 0. The van der Waals surface area contributed by atoms with Gasteiger partial charge in [-0.05, 0) is 129 Å². The van der Waals surface area contributed by atoms with E-state index >= 15 is 0 Å². The summed E-state index contributed by atoms with van der Waals surface area (Å²) in [6.07, 6.45) is 2.33. The summed E-state index contributed by atoms with van der Waals surface area (Å²) in [7, 11) is 2.47. The summed E-state index contributed by atoms with van der Waals surface area (Å²) in [6.45, 7) is 16.4. The van der Waals surface area contributed by atoms with Crippen LogP contribution in [-0.2, 0) is 16.2 Å². The Kier molecular flexibility index (Phi) is 7.77. The standard InChI is InChI=1S/C60H48BN2OS2/c1-58(2,3)32-16-18-33(19-17-32)62-47-26-41-40-24-44-45(60(6,7)23-22-59(44,4)5)30-51(40)64-50(41)28-38(47)36-20-21-37-39-29-54-43(35-13-9-11-15-53(35)65-54)27-48(39)63-49-31-55-42(25-46(49)61-56(36)57(37)63)34-12-8-10-14-52(34)66-55/h8-21,24-31,62H,22-23H2,1-7H3. The van der Waals surface area contributed by atoms with Gasteiger partial charge in [-0.25, -0.2) is 0 Å². The maximum Gasteiger partial charge on any atom is 0.197 e. The molecule has 0 fully saturated rings. The van der Waals surface area contributed by atoms with E-state index in [0.717, 1.165) is 39.9 Å². The Balaban J connectivity index is 1.06. The monoisotopic (exact) mass is 887 g/mol. The van der Waals surface area contributed by atoms with Gasteiger partial charge < -0.3 is 14.3 Å². The van der Waals surface area contributed by atoms with Gasteiger partial charge in [0.15, 0.2) is 7.28 Å². The van der Waals surface area contributed by atoms with Crippen molar-refractivity contribution >= 4 is 136 Å². The summed E-state index contributed by atoms with van der Waals surface area (Å²) < 4.78 is 14.9. The SMILES string of the molecule is CC(C)(C)c1ccc(Nc2cc3c(cc2-c2ccc4c5cc6sc7ccccc7c6cc5n5c4c2[B]c2cc4c(cc2-5)sc2ccccc24)oc2cc4c(cc23)C(C)(C)CCC4(C)C)cc1. The number of nitrogens with zero attached hydrogens (tertiary/aromatic N) is 1. The summed E-state index contributed by atoms with van der Waals surface area (Å²) in [5.74, 6) is 0. The normalized spacial score (nSPS) is 15.4. The van der Waals surface area contributed by atoms with Gasteiger partial charge in [-0.15, -0.1) is 22.7 Å². The van der Waals surface area contributed by atoms with Gasteiger partial charge in [-0.1, -0.05) is 121 Å². The highest BCUT2D eigenvalue weighted by atomic mass is 32.1. The van der Waals surface area contributed by atoms with Crippen molar-refractivity contribution in [3.8, 4) is 16.8 Å². The second-order valence-corrected chi connectivity index (χ2v) is 23.6. The lowest BCUT2D eigenvalue weighted by Crippen LogP contribution is -2.37. The first-order valence-corrected chi connectivity index (χ1v) is 25.1. The third-order valence-electron chi connectivity index (χ3n) is 15.4. The Morgan fingerprint density at radius 3 is 1.91 bits per heavy atom. The molecule has 5 heterocycles. The minimum absolute atomic E-state index is 0.0611. The van der Waals surface area contributed by atoms with Crippen LogP contribution >= 0.6 is 22.7 Å². The van der Waals surface area contributed by atoms with Crippen LogP contribution < -0.4 is 16.2 Å². The molecule has 1 aliphatic heterocycles. The molecule has 0 spiro atoms. The van der Waals surface area contributed by atoms with Gasteiger partial charge in [0.05, 0.1) is 5.52 Å². The van der Waals surface area contributed by atoms with E-state index in [1.165, 1.54) is 113 Å². The summed E-state index contributed by atoms with van der Waals surface area (Å²) in [6, 6.07) is 50.8. The van der Waals surface area contributed by atoms with Crippen molar-refractivity contribution in [1.82, 2.24) is 4.57 Å². The van der Waals surface area contributed by atoms with Crippen LogP contribution in [0.15, 0.2) is 138 Å². The highest BCUT2D eigenvalue weighted by Crippen LogP contribution is 2.50. The third kappa shape index (κ3) is 5.49. The fourth-order valence-corrected chi connectivity index (χ4v) is 13.9. The topological polar surface area (TPSA) is 30.1 Å². The van der Waals surface area contributed by atoms with E-state index in [9.17, 15) is 0 Å². The molecule has 0 bridgehead atoms. The number of nitrogens with one attached hydrogen (secondary N) is 1. The molecule has 319 valence electrons. The molecule has 8 aromatic carbocycles. The van der Waals surface area contributed by atoms with Crippen LogP contribution in [0.1, 0.15) is 78.0 Å². The van der Waals surface area contributed by atoms with Crippen LogP contribution in [0.25, 0.3) is 101 Å². The Hall–Kier alpha value is -6.34. The van der Waals surface area contributed by atoms with Crippen LogP contribution in [0.5, 0.6) is 0 Å². The number of furan rings is 1. The van der Waals surface area contributed by atoms with E-state index in [-0.39, 0.29) is 16.2 Å².